The van der Waals surface area contributed by atoms with E-state index >= 15 is 0 Å². The van der Waals surface area contributed by atoms with Crippen LogP contribution in [0.3, 0.4) is 0 Å². The Kier molecular flexibility index (Phi) is 4.83. The summed E-state index contributed by atoms with van der Waals surface area (Å²) in [7, 11) is 4.52. The summed E-state index contributed by atoms with van der Waals surface area (Å²) >= 11 is 0. The fourth-order valence-corrected chi connectivity index (χ4v) is 3.79. The van der Waals surface area contributed by atoms with E-state index in [1.807, 2.05) is 0 Å². The van der Waals surface area contributed by atoms with Crippen molar-refractivity contribution >= 4 is 0 Å². The Balaban J connectivity index is 1.81. The van der Waals surface area contributed by atoms with Crippen molar-refractivity contribution in [3.63, 3.8) is 0 Å². The summed E-state index contributed by atoms with van der Waals surface area (Å²) in [5.41, 5.74) is 6.00. The van der Waals surface area contributed by atoms with Crippen LogP contribution in [-0.4, -0.2) is 56.1 Å². The second kappa shape index (κ2) is 6.17. The molecule has 1 saturated heterocycles. The summed E-state index contributed by atoms with van der Waals surface area (Å²) in [6.07, 6.45) is 7.00. The standard InChI is InChI=1S/C14H29N3/c1-16-8-7-12(10-16)11-17(2)14(9-15)13-5-3-4-6-13/h12-14H,3-11,15H2,1-2H3. The zero-order valence-corrected chi connectivity index (χ0v) is 11.6. The van der Waals surface area contributed by atoms with Crippen molar-refractivity contribution in [3.8, 4) is 0 Å². The zero-order valence-electron chi connectivity index (χ0n) is 11.6. The summed E-state index contributed by atoms with van der Waals surface area (Å²) in [5.74, 6) is 1.73. The molecule has 0 aromatic heterocycles. The third-order valence-corrected chi connectivity index (χ3v) is 4.79. The van der Waals surface area contributed by atoms with E-state index < -0.39 is 0 Å². The molecular formula is C14H29N3. The molecule has 1 aliphatic carbocycles. The van der Waals surface area contributed by atoms with Crippen LogP contribution in [-0.2, 0) is 0 Å². The van der Waals surface area contributed by atoms with Crippen LogP contribution in [0.15, 0.2) is 0 Å². The van der Waals surface area contributed by atoms with Gasteiger partial charge in [0, 0.05) is 25.7 Å². The van der Waals surface area contributed by atoms with Crippen LogP contribution in [0, 0.1) is 11.8 Å². The lowest BCUT2D eigenvalue weighted by atomic mass is 9.96. The topological polar surface area (TPSA) is 32.5 Å². The Morgan fingerprint density at radius 1 is 1.29 bits per heavy atom. The Morgan fingerprint density at radius 3 is 2.53 bits per heavy atom. The van der Waals surface area contributed by atoms with Crippen LogP contribution in [0.25, 0.3) is 0 Å². The van der Waals surface area contributed by atoms with E-state index in [1.54, 1.807) is 0 Å². The molecule has 0 radical (unpaired) electrons. The average molecular weight is 239 g/mol. The maximum Gasteiger partial charge on any atom is 0.0243 e. The first-order chi connectivity index (χ1) is 8.20. The van der Waals surface area contributed by atoms with E-state index in [0.29, 0.717) is 6.04 Å². The lowest BCUT2D eigenvalue weighted by molar-refractivity contribution is 0.158. The molecule has 2 aliphatic rings. The molecular weight excluding hydrogens is 210 g/mol. The molecule has 2 unspecified atom stereocenters. The fourth-order valence-electron chi connectivity index (χ4n) is 3.79. The molecule has 2 N–H and O–H groups in total. The molecule has 3 nitrogen and oxygen atoms in total. The quantitative estimate of drug-likeness (QED) is 0.787. The van der Waals surface area contributed by atoms with Gasteiger partial charge in [-0.15, -0.1) is 0 Å². The summed E-state index contributed by atoms with van der Waals surface area (Å²) < 4.78 is 0. The molecule has 0 bridgehead atoms. The number of likely N-dealkylation sites (N-methyl/N-ethyl adjacent to an activating group) is 1. The van der Waals surface area contributed by atoms with E-state index in [2.05, 4.69) is 23.9 Å². The van der Waals surface area contributed by atoms with Gasteiger partial charge in [0.15, 0.2) is 0 Å². The highest BCUT2D eigenvalue weighted by Crippen LogP contribution is 2.30. The van der Waals surface area contributed by atoms with Crippen molar-refractivity contribution in [2.75, 3.05) is 40.3 Å². The predicted octanol–water partition coefficient (Wildman–Crippen LogP) is 1.39. The van der Waals surface area contributed by atoms with Crippen molar-refractivity contribution in [2.24, 2.45) is 17.6 Å². The van der Waals surface area contributed by atoms with Crippen LogP contribution in [0.1, 0.15) is 32.1 Å². The number of nitrogens with zero attached hydrogens (tertiary/aromatic N) is 2. The molecule has 17 heavy (non-hydrogen) atoms. The summed E-state index contributed by atoms with van der Waals surface area (Å²) in [6, 6.07) is 0.628. The first-order valence-corrected chi connectivity index (χ1v) is 7.29. The fraction of sp³-hybridized carbons (Fsp3) is 1.00. The second-order valence-corrected chi connectivity index (χ2v) is 6.20. The molecule has 3 heteroatoms. The van der Waals surface area contributed by atoms with Gasteiger partial charge in [0.1, 0.15) is 0 Å². The molecule has 2 fully saturated rings. The Hall–Kier alpha value is -0.120. The molecule has 0 amide bonds. The lowest BCUT2D eigenvalue weighted by Gasteiger charge is -2.33. The van der Waals surface area contributed by atoms with Crippen molar-refractivity contribution in [2.45, 2.75) is 38.1 Å². The van der Waals surface area contributed by atoms with Gasteiger partial charge in [-0.3, -0.25) is 0 Å². The summed E-state index contributed by atoms with van der Waals surface area (Å²) in [4.78, 5) is 5.01. The maximum atomic E-state index is 6.00. The molecule has 1 heterocycles. The van der Waals surface area contributed by atoms with Gasteiger partial charge in [-0.25, -0.2) is 0 Å². The minimum absolute atomic E-state index is 0.628. The third kappa shape index (κ3) is 3.43. The van der Waals surface area contributed by atoms with Gasteiger partial charge in [-0.2, -0.15) is 0 Å². The number of likely N-dealkylation sites (tertiary alicyclic amines) is 1. The van der Waals surface area contributed by atoms with Gasteiger partial charge in [0.2, 0.25) is 0 Å². The van der Waals surface area contributed by atoms with Crippen molar-refractivity contribution in [1.29, 1.82) is 0 Å². The van der Waals surface area contributed by atoms with Gasteiger partial charge >= 0.3 is 0 Å². The van der Waals surface area contributed by atoms with Crippen molar-refractivity contribution < 1.29 is 0 Å². The molecule has 1 aliphatic heterocycles. The highest BCUT2D eigenvalue weighted by molar-refractivity contribution is 4.84. The molecule has 1 saturated carbocycles. The van der Waals surface area contributed by atoms with E-state index in [4.69, 9.17) is 5.73 Å². The van der Waals surface area contributed by atoms with Crippen molar-refractivity contribution in [3.05, 3.63) is 0 Å². The van der Waals surface area contributed by atoms with Gasteiger partial charge in [0.25, 0.3) is 0 Å². The molecule has 2 atom stereocenters. The SMILES string of the molecule is CN1CCC(CN(C)C(CN)C2CCCC2)C1. The second-order valence-electron chi connectivity index (χ2n) is 6.20. The number of hydrogen-bond acceptors (Lipinski definition) is 3. The maximum absolute atomic E-state index is 6.00. The molecule has 0 aromatic rings. The minimum Gasteiger partial charge on any atom is -0.329 e. The van der Waals surface area contributed by atoms with E-state index in [9.17, 15) is 0 Å². The first-order valence-electron chi connectivity index (χ1n) is 7.29. The van der Waals surface area contributed by atoms with Gasteiger partial charge < -0.3 is 15.5 Å². The van der Waals surface area contributed by atoms with Gasteiger partial charge in [0.05, 0.1) is 0 Å². The largest absolute Gasteiger partial charge is 0.329 e. The molecule has 0 spiro atoms. The smallest absolute Gasteiger partial charge is 0.0243 e. The van der Waals surface area contributed by atoms with Crippen molar-refractivity contribution in [1.82, 2.24) is 9.80 Å². The first kappa shape index (κ1) is 13.3. The monoisotopic (exact) mass is 239 g/mol. The summed E-state index contributed by atoms with van der Waals surface area (Å²) in [6.45, 7) is 4.62. The van der Waals surface area contributed by atoms with E-state index in [-0.39, 0.29) is 0 Å². The molecule has 100 valence electrons. The van der Waals surface area contributed by atoms with Crippen LogP contribution < -0.4 is 5.73 Å². The summed E-state index contributed by atoms with van der Waals surface area (Å²) in [5, 5.41) is 0. The Bertz CT molecular complexity index is 226. The molecule has 0 aromatic carbocycles. The average Bonchev–Trinajstić information content (AvgIpc) is 2.92. The highest BCUT2D eigenvalue weighted by atomic mass is 15.2. The van der Waals surface area contributed by atoms with E-state index in [1.165, 1.54) is 51.7 Å². The Morgan fingerprint density at radius 2 is 2.00 bits per heavy atom. The lowest BCUT2D eigenvalue weighted by Crippen LogP contribution is -2.45. The Labute approximate surface area is 106 Å². The van der Waals surface area contributed by atoms with Crippen LogP contribution in [0.2, 0.25) is 0 Å². The van der Waals surface area contributed by atoms with Gasteiger partial charge in [-0.05, 0) is 51.7 Å². The van der Waals surface area contributed by atoms with Crippen LogP contribution >= 0.6 is 0 Å². The number of rotatable bonds is 5. The zero-order chi connectivity index (χ0) is 12.3. The van der Waals surface area contributed by atoms with E-state index in [0.717, 1.165) is 18.4 Å². The van der Waals surface area contributed by atoms with Crippen LogP contribution in [0.5, 0.6) is 0 Å². The minimum atomic E-state index is 0.628. The number of nitrogens with two attached hydrogens (primary N) is 1. The number of hydrogen-bond donors (Lipinski definition) is 1. The predicted molar refractivity (Wildman–Crippen MR) is 73.0 cm³/mol. The molecule has 2 rings (SSSR count). The third-order valence-electron chi connectivity index (χ3n) is 4.79. The normalized spacial score (nSPS) is 29.3. The van der Waals surface area contributed by atoms with Crippen LogP contribution in [0.4, 0.5) is 0 Å². The highest BCUT2D eigenvalue weighted by Gasteiger charge is 2.29. The van der Waals surface area contributed by atoms with Gasteiger partial charge in [-0.1, -0.05) is 12.8 Å².